The monoisotopic (exact) mass is 374 g/mol. The van der Waals surface area contributed by atoms with Gasteiger partial charge in [0.2, 0.25) is 0 Å². The predicted octanol–water partition coefficient (Wildman–Crippen LogP) is 2.01. The largest absolute Gasteiger partial charge is 0.357 e. The molecule has 0 radical (unpaired) electrons. The van der Waals surface area contributed by atoms with Gasteiger partial charge in [-0.05, 0) is 25.7 Å². The van der Waals surface area contributed by atoms with Gasteiger partial charge in [-0.3, -0.25) is 4.99 Å². The van der Waals surface area contributed by atoms with E-state index in [2.05, 4.69) is 27.5 Å². The van der Waals surface area contributed by atoms with Crippen LogP contribution in [0.4, 0.5) is 0 Å². The smallest absolute Gasteiger partial charge is 0.191 e. The summed E-state index contributed by atoms with van der Waals surface area (Å²) in [6.45, 7) is 10.3. The van der Waals surface area contributed by atoms with Crippen LogP contribution in [-0.2, 0) is 16.3 Å². The Morgan fingerprint density at radius 2 is 2.08 bits per heavy atom. The van der Waals surface area contributed by atoms with Crippen molar-refractivity contribution >= 4 is 27.1 Å². The van der Waals surface area contributed by atoms with Gasteiger partial charge >= 0.3 is 0 Å². The number of aliphatic imine (C=N–C) groups is 1. The van der Waals surface area contributed by atoms with Gasteiger partial charge in [0.1, 0.15) is 9.84 Å². The molecule has 138 valence electrons. The molecule has 1 rings (SSSR count). The van der Waals surface area contributed by atoms with Gasteiger partial charge in [0.25, 0.3) is 0 Å². The Morgan fingerprint density at radius 1 is 1.38 bits per heavy atom. The molecule has 24 heavy (non-hydrogen) atoms. The molecular formula is C16H30N4O2S2. The number of sulfone groups is 1. The van der Waals surface area contributed by atoms with Crippen molar-refractivity contribution < 1.29 is 8.42 Å². The number of thiazole rings is 1. The van der Waals surface area contributed by atoms with Crippen LogP contribution >= 0.6 is 11.3 Å². The molecule has 8 heteroatoms. The van der Waals surface area contributed by atoms with Crippen molar-refractivity contribution in [1.82, 2.24) is 15.6 Å². The number of nitrogens with zero attached hydrogens (tertiary/aromatic N) is 2. The Morgan fingerprint density at radius 3 is 2.62 bits per heavy atom. The van der Waals surface area contributed by atoms with Gasteiger partial charge < -0.3 is 10.6 Å². The molecule has 0 fully saturated rings. The third-order valence-corrected chi connectivity index (χ3v) is 5.38. The third-order valence-electron chi connectivity index (χ3n) is 3.46. The molecule has 0 saturated heterocycles. The van der Waals surface area contributed by atoms with Crippen LogP contribution in [0.25, 0.3) is 0 Å². The molecule has 1 aromatic heterocycles. The summed E-state index contributed by atoms with van der Waals surface area (Å²) >= 11 is 1.71. The standard InChI is InChI=1S/C16H30N4O2S2/c1-6-17-15(18-9-7-14-19-11-13(2)23-14)20-12-16(3,4)8-10-24(5,21)22/h11H,6-10,12H2,1-5H3,(H2,17,18,20). The quantitative estimate of drug-likeness (QED) is 0.510. The molecule has 0 aliphatic heterocycles. The fraction of sp³-hybridized carbons (Fsp3) is 0.750. The zero-order chi connectivity index (χ0) is 18.2. The molecule has 2 N–H and O–H groups in total. The Hall–Kier alpha value is -1.15. The summed E-state index contributed by atoms with van der Waals surface area (Å²) < 4.78 is 22.7. The van der Waals surface area contributed by atoms with Crippen LogP contribution in [0.15, 0.2) is 11.2 Å². The zero-order valence-electron chi connectivity index (χ0n) is 15.3. The number of aromatic nitrogens is 1. The minimum Gasteiger partial charge on any atom is -0.357 e. The normalized spacial score (nSPS) is 13.1. The van der Waals surface area contributed by atoms with E-state index >= 15 is 0 Å². The molecule has 0 bridgehead atoms. The number of hydrogen-bond donors (Lipinski definition) is 2. The molecule has 0 saturated carbocycles. The van der Waals surface area contributed by atoms with Crippen molar-refractivity contribution in [3.63, 3.8) is 0 Å². The lowest BCUT2D eigenvalue weighted by atomic mass is 9.90. The van der Waals surface area contributed by atoms with Crippen molar-refractivity contribution in [3.05, 3.63) is 16.1 Å². The first kappa shape index (κ1) is 20.9. The van der Waals surface area contributed by atoms with Gasteiger partial charge in [-0.1, -0.05) is 13.8 Å². The number of hydrogen-bond acceptors (Lipinski definition) is 5. The average Bonchev–Trinajstić information content (AvgIpc) is 2.88. The van der Waals surface area contributed by atoms with E-state index in [-0.39, 0.29) is 11.2 Å². The molecule has 0 aliphatic carbocycles. The van der Waals surface area contributed by atoms with Crippen molar-refractivity contribution in [3.8, 4) is 0 Å². The highest BCUT2D eigenvalue weighted by atomic mass is 32.2. The maximum Gasteiger partial charge on any atom is 0.191 e. The SMILES string of the molecule is CCNC(=NCC(C)(C)CCS(C)(=O)=O)NCCc1ncc(C)s1. The lowest BCUT2D eigenvalue weighted by molar-refractivity contribution is 0.365. The maximum atomic E-state index is 11.3. The third kappa shape index (κ3) is 9.22. The van der Waals surface area contributed by atoms with E-state index in [1.807, 2.05) is 27.0 Å². The Bertz CT molecular complexity index is 636. The first-order chi connectivity index (χ1) is 11.1. The van der Waals surface area contributed by atoms with E-state index in [1.54, 1.807) is 11.3 Å². The van der Waals surface area contributed by atoms with Crippen molar-refractivity contribution in [2.75, 3.05) is 31.6 Å². The van der Waals surface area contributed by atoms with Crippen molar-refractivity contribution in [2.45, 2.75) is 40.5 Å². The molecular weight excluding hydrogens is 344 g/mol. The topological polar surface area (TPSA) is 83.5 Å². The van der Waals surface area contributed by atoms with E-state index < -0.39 is 9.84 Å². The molecule has 1 aromatic rings. The van der Waals surface area contributed by atoms with Crippen molar-refractivity contribution in [2.24, 2.45) is 10.4 Å². The summed E-state index contributed by atoms with van der Waals surface area (Å²) in [7, 11) is -2.93. The molecule has 0 aromatic carbocycles. The Kier molecular flexibility index (Phi) is 8.15. The van der Waals surface area contributed by atoms with Gasteiger partial charge in [0.05, 0.1) is 10.8 Å². The van der Waals surface area contributed by atoms with Gasteiger partial charge in [-0.2, -0.15) is 0 Å². The number of nitrogens with one attached hydrogen (secondary N) is 2. The highest BCUT2D eigenvalue weighted by Crippen LogP contribution is 2.21. The van der Waals surface area contributed by atoms with E-state index in [1.165, 1.54) is 11.1 Å². The number of rotatable bonds is 9. The van der Waals surface area contributed by atoms with Crippen LogP contribution in [0.5, 0.6) is 0 Å². The van der Waals surface area contributed by atoms with Gasteiger partial charge in [0.15, 0.2) is 5.96 Å². The van der Waals surface area contributed by atoms with E-state index in [0.717, 1.165) is 30.5 Å². The first-order valence-corrected chi connectivity index (χ1v) is 11.1. The molecule has 0 aliphatic rings. The van der Waals surface area contributed by atoms with E-state index in [0.29, 0.717) is 13.0 Å². The number of guanidine groups is 1. The Balaban J connectivity index is 2.51. The minimum atomic E-state index is -2.93. The lowest BCUT2D eigenvalue weighted by Gasteiger charge is -2.22. The first-order valence-electron chi connectivity index (χ1n) is 8.22. The van der Waals surface area contributed by atoms with Crippen LogP contribution < -0.4 is 10.6 Å². The molecule has 0 spiro atoms. The summed E-state index contributed by atoms with van der Waals surface area (Å²) in [5.41, 5.74) is -0.155. The van der Waals surface area contributed by atoms with Gasteiger partial charge in [-0.25, -0.2) is 13.4 Å². The minimum absolute atomic E-state index is 0.155. The van der Waals surface area contributed by atoms with E-state index in [9.17, 15) is 8.42 Å². The van der Waals surface area contributed by atoms with Crippen LogP contribution in [0.3, 0.4) is 0 Å². The second kappa shape index (κ2) is 9.36. The second-order valence-corrected chi connectivity index (χ2v) is 10.4. The fourth-order valence-corrected chi connectivity index (χ4v) is 3.69. The summed E-state index contributed by atoms with van der Waals surface area (Å²) in [4.78, 5) is 10.2. The molecule has 0 amide bonds. The highest BCUT2D eigenvalue weighted by Gasteiger charge is 2.20. The average molecular weight is 375 g/mol. The van der Waals surface area contributed by atoms with Crippen LogP contribution in [0.2, 0.25) is 0 Å². The summed E-state index contributed by atoms with van der Waals surface area (Å²) in [5, 5.41) is 7.65. The highest BCUT2D eigenvalue weighted by molar-refractivity contribution is 7.90. The van der Waals surface area contributed by atoms with Crippen LogP contribution in [0, 0.1) is 12.3 Å². The summed E-state index contributed by atoms with van der Waals surface area (Å²) in [6.07, 6.45) is 4.63. The second-order valence-electron chi connectivity index (χ2n) is 6.78. The number of aryl methyl sites for hydroxylation is 1. The molecule has 1 heterocycles. The lowest BCUT2D eigenvalue weighted by Crippen LogP contribution is -2.39. The molecule has 6 nitrogen and oxygen atoms in total. The fourth-order valence-electron chi connectivity index (χ4n) is 1.98. The van der Waals surface area contributed by atoms with Crippen LogP contribution in [-0.4, -0.2) is 51.0 Å². The van der Waals surface area contributed by atoms with Gasteiger partial charge in [0, 0.05) is 43.4 Å². The predicted molar refractivity (Wildman–Crippen MR) is 103 cm³/mol. The Labute approximate surface area is 150 Å². The van der Waals surface area contributed by atoms with Crippen molar-refractivity contribution in [1.29, 1.82) is 0 Å². The summed E-state index contributed by atoms with van der Waals surface area (Å²) in [6, 6.07) is 0. The summed E-state index contributed by atoms with van der Waals surface area (Å²) in [5.74, 6) is 0.960. The van der Waals surface area contributed by atoms with Crippen LogP contribution in [0.1, 0.15) is 37.1 Å². The zero-order valence-corrected chi connectivity index (χ0v) is 17.0. The molecule has 0 atom stereocenters. The van der Waals surface area contributed by atoms with E-state index in [4.69, 9.17) is 0 Å². The van der Waals surface area contributed by atoms with Gasteiger partial charge in [-0.15, -0.1) is 11.3 Å². The molecule has 0 unspecified atom stereocenters. The maximum absolute atomic E-state index is 11.3.